The zero-order chi connectivity index (χ0) is 23.6. The first kappa shape index (κ1) is 23.7. The lowest BCUT2D eigenvalue weighted by Gasteiger charge is -2.14. The normalized spacial score (nSPS) is 10.5. The molecule has 0 bridgehead atoms. The van der Waals surface area contributed by atoms with Gasteiger partial charge in [-0.1, -0.05) is 62.4 Å². The van der Waals surface area contributed by atoms with Crippen molar-refractivity contribution in [3.05, 3.63) is 95.6 Å². The molecule has 0 saturated carbocycles. The Hall–Kier alpha value is -3.93. The van der Waals surface area contributed by atoms with E-state index < -0.39 is 0 Å². The van der Waals surface area contributed by atoms with Gasteiger partial charge < -0.3 is 16.0 Å². The maximum absolute atomic E-state index is 12.9. The molecule has 0 atom stereocenters. The fourth-order valence-corrected chi connectivity index (χ4v) is 3.50. The maximum Gasteiger partial charge on any atom is 0.255 e. The van der Waals surface area contributed by atoms with Gasteiger partial charge in [0.2, 0.25) is 5.91 Å². The van der Waals surface area contributed by atoms with Crippen LogP contribution >= 0.6 is 0 Å². The number of hydrogen-bond donors (Lipinski definition) is 3. The molecule has 3 aromatic carbocycles. The number of anilines is 2. The molecule has 6 heteroatoms. The molecule has 0 fully saturated rings. The molecule has 0 spiro atoms. The third-order valence-electron chi connectivity index (χ3n) is 5.46. The largest absolute Gasteiger partial charge is 0.348 e. The minimum Gasteiger partial charge on any atom is -0.348 e. The Kier molecular flexibility index (Phi) is 8.36. The molecule has 3 amide bonds. The van der Waals surface area contributed by atoms with E-state index in [9.17, 15) is 14.4 Å². The van der Waals surface area contributed by atoms with Crippen molar-refractivity contribution in [3.63, 3.8) is 0 Å². The molecule has 0 aliphatic rings. The Morgan fingerprint density at radius 2 is 1.45 bits per heavy atom. The summed E-state index contributed by atoms with van der Waals surface area (Å²) in [6, 6.07) is 23.3. The molecule has 3 rings (SSSR count). The van der Waals surface area contributed by atoms with Gasteiger partial charge in [0.1, 0.15) is 0 Å². The summed E-state index contributed by atoms with van der Waals surface area (Å²) in [5.74, 6) is -0.764. The van der Waals surface area contributed by atoms with Crippen molar-refractivity contribution in [2.24, 2.45) is 5.92 Å². The van der Waals surface area contributed by atoms with Crippen LogP contribution in [0, 0.1) is 5.92 Å². The summed E-state index contributed by atoms with van der Waals surface area (Å²) in [5.41, 5.74) is 2.73. The average Bonchev–Trinajstić information content (AvgIpc) is 2.84. The molecule has 0 aliphatic carbocycles. The van der Waals surface area contributed by atoms with Crippen LogP contribution in [0.4, 0.5) is 11.4 Å². The van der Waals surface area contributed by atoms with Crippen molar-refractivity contribution in [1.29, 1.82) is 0 Å². The highest BCUT2D eigenvalue weighted by Crippen LogP contribution is 2.19. The van der Waals surface area contributed by atoms with E-state index in [0.29, 0.717) is 29.0 Å². The van der Waals surface area contributed by atoms with E-state index in [0.717, 1.165) is 18.4 Å². The first-order chi connectivity index (χ1) is 16.0. The van der Waals surface area contributed by atoms with Crippen molar-refractivity contribution in [1.82, 2.24) is 5.32 Å². The number of nitrogens with one attached hydrogen (secondary N) is 3. The molecule has 0 aliphatic heterocycles. The van der Waals surface area contributed by atoms with E-state index >= 15 is 0 Å². The van der Waals surface area contributed by atoms with Gasteiger partial charge in [-0.15, -0.1) is 0 Å². The van der Waals surface area contributed by atoms with Crippen LogP contribution in [0.25, 0.3) is 0 Å². The molecule has 3 N–H and O–H groups in total. The zero-order valence-electron chi connectivity index (χ0n) is 18.9. The van der Waals surface area contributed by atoms with E-state index in [1.165, 1.54) is 0 Å². The van der Waals surface area contributed by atoms with Crippen molar-refractivity contribution in [2.75, 3.05) is 10.6 Å². The SMILES string of the molecule is CCC(CC)C(=O)Nc1cccc(C(=O)Nc2ccccc2C(=O)NCc2ccccc2)c1. The van der Waals surface area contributed by atoms with E-state index in [1.54, 1.807) is 48.5 Å². The van der Waals surface area contributed by atoms with Gasteiger partial charge in [0.05, 0.1) is 11.3 Å². The van der Waals surface area contributed by atoms with Crippen molar-refractivity contribution in [2.45, 2.75) is 33.2 Å². The molecule has 33 heavy (non-hydrogen) atoms. The molecule has 0 aromatic heterocycles. The summed E-state index contributed by atoms with van der Waals surface area (Å²) in [6.45, 7) is 4.34. The average molecular weight is 444 g/mol. The van der Waals surface area contributed by atoms with Gasteiger partial charge in [-0.05, 0) is 48.7 Å². The fourth-order valence-electron chi connectivity index (χ4n) is 3.50. The third-order valence-corrected chi connectivity index (χ3v) is 5.46. The Labute approximate surface area is 194 Å². The number of para-hydroxylation sites is 1. The van der Waals surface area contributed by atoms with Crippen molar-refractivity contribution < 1.29 is 14.4 Å². The Bertz CT molecular complexity index is 1110. The highest BCUT2D eigenvalue weighted by Gasteiger charge is 2.16. The summed E-state index contributed by atoms with van der Waals surface area (Å²) < 4.78 is 0. The first-order valence-corrected chi connectivity index (χ1v) is 11.1. The number of hydrogen-bond acceptors (Lipinski definition) is 3. The van der Waals surface area contributed by atoms with Crippen LogP contribution in [0.15, 0.2) is 78.9 Å². The van der Waals surface area contributed by atoms with Gasteiger partial charge in [0.25, 0.3) is 11.8 Å². The van der Waals surface area contributed by atoms with Gasteiger partial charge in [-0.3, -0.25) is 14.4 Å². The quantitative estimate of drug-likeness (QED) is 0.422. The molecule has 0 saturated heterocycles. The van der Waals surface area contributed by atoms with Crippen LogP contribution in [-0.2, 0) is 11.3 Å². The summed E-state index contributed by atoms with van der Waals surface area (Å²) in [7, 11) is 0. The number of benzene rings is 3. The third kappa shape index (κ3) is 6.53. The number of carbonyl (C=O) groups is 3. The van der Waals surface area contributed by atoms with Gasteiger partial charge in [0.15, 0.2) is 0 Å². The van der Waals surface area contributed by atoms with Crippen LogP contribution in [0.1, 0.15) is 53.0 Å². The Balaban J connectivity index is 1.69. The minimum absolute atomic E-state index is 0.0574. The molecule has 0 unspecified atom stereocenters. The van der Waals surface area contributed by atoms with Crippen molar-refractivity contribution >= 4 is 29.1 Å². The highest BCUT2D eigenvalue weighted by molar-refractivity contribution is 6.09. The predicted molar refractivity (Wildman–Crippen MR) is 131 cm³/mol. The maximum atomic E-state index is 12.9. The van der Waals surface area contributed by atoms with Crippen LogP contribution in [0.5, 0.6) is 0 Å². The van der Waals surface area contributed by atoms with Crippen molar-refractivity contribution in [3.8, 4) is 0 Å². The molecular weight excluding hydrogens is 414 g/mol. The Morgan fingerprint density at radius 1 is 0.758 bits per heavy atom. The lowest BCUT2D eigenvalue weighted by Crippen LogP contribution is -2.25. The predicted octanol–water partition coefficient (Wildman–Crippen LogP) is 5.24. The second-order valence-corrected chi connectivity index (χ2v) is 7.75. The Morgan fingerprint density at radius 3 is 2.18 bits per heavy atom. The first-order valence-electron chi connectivity index (χ1n) is 11.1. The number of amides is 3. The van der Waals surface area contributed by atoms with Crippen LogP contribution in [0.3, 0.4) is 0 Å². The molecule has 170 valence electrons. The van der Waals surface area contributed by atoms with Gasteiger partial charge >= 0.3 is 0 Å². The lowest BCUT2D eigenvalue weighted by atomic mass is 10.0. The van der Waals surface area contributed by atoms with E-state index in [-0.39, 0.29) is 23.6 Å². The lowest BCUT2D eigenvalue weighted by molar-refractivity contribution is -0.120. The molecular formula is C27H29N3O3. The highest BCUT2D eigenvalue weighted by atomic mass is 16.2. The topological polar surface area (TPSA) is 87.3 Å². The standard InChI is InChI=1S/C27H29N3O3/c1-3-20(4-2)25(31)29-22-14-10-13-21(17-22)26(32)30-24-16-9-8-15-23(24)27(33)28-18-19-11-6-5-7-12-19/h5-17,20H,3-4,18H2,1-2H3,(H,28,33)(H,29,31)(H,30,32). The second-order valence-electron chi connectivity index (χ2n) is 7.75. The van der Waals surface area contributed by atoms with Gasteiger partial charge in [0, 0.05) is 23.7 Å². The van der Waals surface area contributed by atoms with Crippen LogP contribution in [-0.4, -0.2) is 17.7 Å². The molecule has 3 aromatic rings. The summed E-state index contributed by atoms with van der Waals surface area (Å²) in [4.78, 5) is 38.0. The second kappa shape index (κ2) is 11.6. The monoisotopic (exact) mass is 443 g/mol. The fraction of sp³-hybridized carbons (Fsp3) is 0.222. The minimum atomic E-state index is -0.364. The summed E-state index contributed by atoms with van der Waals surface area (Å²) in [6.07, 6.45) is 1.51. The van der Waals surface area contributed by atoms with E-state index in [4.69, 9.17) is 0 Å². The summed E-state index contributed by atoms with van der Waals surface area (Å²) in [5, 5.41) is 8.58. The molecule has 0 heterocycles. The van der Waals surface area contributed by atoms with Crippen LogP contribution < -0.4 is 16.0 Å². The smallest absolute Gasteiger partial charge is 0.255 e. The van der Waals surface area contributed by atoms with Gasteiger partial charge in [-0.2, -0.15) is 0 Å². The van der Waals surface area contributed by atoms with E-state index in [1.807, 2.05) is 44.2 Å². The van der Waals surface area contributed by atoms with E-state index in [2.05, 4.69) is 16.0 Å². The molecule has 0 radical (unpaired) electrons. The molecule has 6 nitrogen and oxygen atoms in total. The number of rotatable bonds is 9. The number of carbonyl (C=O) groups excluding carboxylic acids is 3. The summed E-state index contributed by atoms with van der Waals surface area (Å²) >= 11 is 0. The zero-order valence-corrected chi connectivity index (χ0v) is 18.9. The van der Waals surface area contributed by atoms with Crippen LogP contribution in [0.2, 0.25) is 0 Å². The van der Waals surface area contributed by atoms with Gasteiger partial charge in [-0.25, -0.2) is 0 Å².